The second kappa shape index (κ2) is 12.7. The zero-order valence-corrected chi connectivity index (χ0v) is 22.7. The van der Waals surface area contributed by atoms with Gasteiger partial charge in [0, 0.05) is 11.4 Å². The molecule has 0 saturated carbocycles. The van der Waals surface area contributed by atoms with Crippen molar-refractivity contribution in [2.24, 2.45) is 0 Å². The molecule has 190 valence electrons. The Balaban J connectivity index is 1.77. The van der Waals surface area contributed by atoms with Gasteiger partial charge in [0.1, 0.15) is 11.6 Å². The molecule has 0 fully saturated rings. The maximum absolute atomic E-state index is 12.8. The van der Waals surface area contributed by atoms with Crippen LogP contribution in [-0.4, -0.2) is 25.0 Å². The van der Waals surface area contributed by atoms with Crippen LogP contribution in [0.3, 0.4) is 0 Å². The van der Waals surface area contributed by atoms with E-state index in [1.54, 1.807) is 12.1 Å². The minimum Gasteiger partial charge on any atom is -0.490 e. The van der Waals surface area contributed by atoms with Crippen molar-refractivity contribution in [3.8, 4) is 17.6 Å². The van der Waals surface area contributed by atoms with E-state index in [9.17, 15) is 14.9 Å². The average Bonchev–Trinajstić information content (AvgIpc) is 2.85. The number of halogens is 1. The van der Waals surface area contributed by atoms with Crippen LogP contribution >= 0.6 is 15.9 Å². The summed E-state index contributed by atoms with van der Waals surface area (Å²) in [6.07, 6.45) is 1.47. The fourth-order valence-electron chi connectivity index (χ4n) is 3.50. The second-order valence-corrected chi connectivity index (χ2v) is 9.26. The number of carbonyl (C=O) groups excluding carboxylic acids is 2. The summed E-state index contributed by atoms with van der Waals surface area (Å²) < 4.78 is 12.0. The Hall–Kier alpha value is -4.09. The van der Waals surface area contributed by atoms with Crippen molar-refractivity contribution in [1.82, 2.24) is 0 Å². The molecule has 0 heterocycles. The summed E-state index contributed by atoms with van der Waals surface area (Å²) in [5, 5.41) is 15.2. The SMILES string of the molecule is CCOc1cc(/C=C(\C#N)C(=O)Nc2ccc(C)cc2C)cc(Br)c1OCC(=O)Nc1ccc(C)cc1. The molecular weight excluding hydrogens is 534 g/mol. The summed E-state index contributed by atoms with van der Waals surface area (Å²) in [5.74, 6) is -0.122. The molecule has 2 N–H and O–H groups in total. The molecule has 0 radical (unpaired) electrons. The monoisotopic (exact) mass is 561 g/mol. The van der Waals surface area contributed by atoms with E-state index in [-0.39, 0.29) is 18.1 Å². The molecule has 0 aliphatic heterocycles. The third-order valence-corrected chi connectivity index (χ3v) is 5.91. The first-order chi connectivity index (χ1) is 17.7. The van der Waals surface area contributed by atoms with Crippen LogP contribution in [-0.2, 0) is 9.59 Å². The molecule has 2 amide bonds. The Morgan fingerprint density at radius 1 is 0.973 bits per heavy atom. The topological polar surface area (TPSA) is 100 Å². The van der Waals surface area contributed by atoms with E-state index in [2.05, 4.69) is 26.6 Å². The Kier molecular flexibility index (Phi) is 9.47. The first kappa shape index (κ1) is 27.5. The summed E-state index contributed by atoms with van der Waals surface area (Å²) in [4.78, 5) is 25.2. The molecule has 0 unspecified atom stereocenters. The molecule has 0 spiro atoms. The van der Waals surface area contributed by atoms with Crippen molar-refractivity contribution in [2.45, 2.75) is 27.7 Å². The first-order valence-electron chi connectivity index (χ1n) is 11.7. The van der Waals surface area contributed by atoms with Gasteiger partial charge < -0.3 is 20.1 Å². The number of nitrogens with zero attached hydrogens (tertiary/aromatic N) is 1. The second-order valence-electron chi connectivity index (χ2n) is 8.41. The van der Waals surface area contributed by atoms with E-state index in [0.717, 1.165) is 16.7 Å². The van der Waals surface area contributed by atoms with E-state index < -0.39 is 5.91 Å². The van der Waals surface area contributed by atoms with E-state index in [1.165, 1.54) is 6.08 Å². The fraction of sp³-hybridized carbons (Fsp3) is 0.207. The number of anilines is 2. The molecule has 3 aromatic carbocycles. The van der Waals surface area contributed by atoms with Crippen LogP contribution in [0.4, 0.5) is 11.4 Å². The lowest BCUT2D eigenvalue weighted by Gasteiger charge is -2.15. The molecule has 3 rings (SSSR count). The number of carbonyl (C=O) groups is 2. The third-order valence-electron chi connectivity index (χ3n) is 5.32. The highest BCUT2D eigenvalue weighted by Crippen LogP contribution is 2.37. The van der Waals surface area contributed by atoms with Crippen molar-refractivity contribution >= 4 is 45.2 Å². The molecular formula is C29H28BrN3O4. The van der Waals surface area contributed by atoms with E-state index in [4.69, 9.17) is 9.47 Å². The number of nitrogens with one attached hydrogen (secondary N) is 2. The Morgan fingerprint density at radius 3 is 2.32 bits per heavy atom. The fourth-order valence-corrected chi connectivity index (χ4v) is 4.08. The van der Waals surface area contributed by atoms with Gasteiger partial charge in [0.2, 0.25) is 0 Å². The highest BCUT2D eigenvalue weighted by Gasteiger charge is 2.16. The largest absolute Gasteiger partial charge is 0.490 e. The normalized spacial score (nSPS) is 10.9. The lowest BCUT2D eigenvalue weighted by molar-refractivity contribution is -0.118. The van der Waals surface area contributed by atoms with Crippen LogP contribution in [0, 0.1) is 32.1 Å². The van der Waals surface area contributed by atoms with Crippen molar-refractivity contribution in [3.05, 3.63) is 86.9 Å². The molecule has 7 nitrogen and oxygen atoms in total. The highest BCUT2D eigenvalue weighted by molar-refractivity contribution is 9.10. The lowest BCUT2D eigenvalue weighted by atomic mass is 10.1. The van der Waals surface area contributed by atoms with E-state index >= 15 is 0 Å². The standard InChI is InChI=1S/C29H28BrN3O4/c1-5-36-26-15-21(13-22(16-31)29(35)33-25-11-8-19(3)12-20(25)4)14-24(30)28(26)37-17-27(34)32-23-9-6-18(2)7-10-23/h6-15H,5,17H2,1-4H3,(H,32,34)(H,33,35)/b22-13+. The third kappa shape index (κ3) is 7.69. The molecule has 3 aromatic rings. The zero-order valence-electron chi connectivity index (χ0n) is 21.1. The average molecular weight is 562 g/mol. The quantitative estimate of drug-likeness (QED) is 0.234. The first-order valence-corrected chi connectivity index (χ1v) is 12.5. The molecule has 0 saturated heterocycles. The minimum absolute atomic E-state index is 0.0690. The van der Waals surface area contributed by atoms with Crippen LogP contribution in [0.1, 0.15) is 29.2 Å². The van der Waals surface area contributed by atoms with Gasteiger partial charge in [0.25, 0.3) is 11.8 Å². The Morgan fingerprint density at radius 2 is 1.68 bits per heavy atom. The number of rotatable bonds is 9. The number of ether oxygens (including phenoxy) is 2. The molecule has 0 bridgehead atoms. The van der Waals surface area contributed by atoms with Crippen LogP contribution in [0.5, 0.6) is 11.5 Å². The zero-order chi connectivity index (χ0) is 26.9. The summed E-state index contributed by atoms with van der Waals surface area (Å²) in [5.41, 5.74) is 4.87. The van der Waals surface area contributed by atoms with Gasteiger partial charge in [-0.25, -0.2) is 0 Å². The van der Waals surface area contributed by atoms with E-state index in [1.807, 2.05) is 76.2 Å². The van der Waals surface area contributed by atoms with Crippen molar-refractivity contribution in [3.63, 3.8) is 0 Å². The van der Waals surface area contributed by atoms with E-state index in [0.29, 0.717) is 39.5 Å². The van der Waals surface area contributed by atoms with Crippen molar-refractivity contribution in [1.29, 1.82) is 5.26 Å². The van der Waals surface area contributed by atoms with Crippen LogP contribution in [0.2, 0.25) is 0 Å². The maximum Gasteiger partial charge on any atom is 0.266 e. The molecule has 0 atom stereocenters. The van der Waals surface area contributed by atoms with Crippen molar-refractivity contribution < 1.29 is 19.1 Å². The summed E-state index contributed by atoms with van der Waals surface area (Å²) in [7, 11) is 0. The van der Waals surface area contributed by atoms with Gasteiger partial charge in [-0.05, 0) is 91.2 Å². The molecule has 8 heteroatoms. The smallest absolute Gasteiger partial charge is 0.266 e. The van der Waals surface area contributed by atoms with Gasteiger partial charge in [0.15, 0.2) is 18.1 Å². The number of benzene rings is 3. The Labute approximate surface area is 225 Å². The van der Waals surface area contributed by atoms with Crippen molar-refractivity contribution in [2.75, 3.05) is 23.8 Å². The van der Waals surface area contributed by atoms with Crippen LogP contribution in [0.15, 0.2) is 64.6 Å². The van der Waals surface area contributed by atoms with Gasteiger partial charge in [-0.2, -0.15) is 5.26 Å². The van der Waals surface area contributed by atoms with Gasteiger partial charge in [-0.15, -0.1) is 0 Å². The number of hydrogen-bond acceptors (Lipinski definition) is 5. The Bertz CT molecular complexity index is 1380. The number of nitriles is 1. The lowest BCUT2D eigenvalue weighted by Crippen LogP contribution is -2.20. The molecule has 0 aliphatic rings. The molecule has 0 aromatic heterocycles. The summed E-state index contributed by atoms with van der Waals surface area (Å²) >= 11 is 3.46. The van der Waals surface area contributed by atoms with Crippen LogP contribution in [0.25, 0.3) is 6.08 Å². The van der Waals surface area contributed by atoms with Crippen LogP contribution < -0.4 is 20.1 Å². The predicted molar refractivity (Wildman–Crippen MR) is 149 cm³/mol. The van der Waals surface area contributed by atoms with Gasteiger partial charge in [-0.1, -0.05) is 35.4 Å². The number of amides is 2. The maximum atomic E-state index is 12.8. The summed E-state index contributed by atoms with van der Waals surface area (Å²) in [6, 6.07) is 18.4. The number of aryl methyl sites for hydroxylation is 3. The summed E-state index contributed by atoms with van der Waals surface area (Å²) in [6.45, 7) is 7.77. The molecule has 37 heavy (non-hydrogen) atoms. The highest BCUT2D eigenvalue weighted by atomic mass is 79.9. The molecule has 0 aliphatic carbocycles. The van der Waals surface area contributed by atoms with Gasteiger partial charge >= 0.3 is 0 Å². The van der Waals surface area contributed by atoms with Gasteiger partial charge in [0.05, 0.1) is 11.1 Å². The minimum atomic E-state index is -0.517. The predicted octanol–water partition coefficient (Wildman–Crippen LogP) is 6.34. The number of hydrogen-bond donors (Lipinski definition) is 2. The van der Waals surface area contributed by atoms with Gasteiger partial charge in [-0.3, -0.25) is 9.59 Å².